The lowest BCUT2D eigenvalue weighted by atomic mass is 10.1. The fourth-order valence-corrected chi connectivity index (χ4v) is 4.43. The maximum absolute atomic E-state index is 13.1. The van der Waals surface area contributed by atoms with Crippen LogP contribution in [0.3, 0.4) is 0 Å². The van der Waals surface area contributed by atoms with Crippen LogP contribution in [0.5, 0.6) is 0 Å². The number of rotatable bonds is 5. The molecule has 0 saturated heterocycles. The average Bonchev–Trinajstić information content (AvgIpc) is 2.63. The van der Waals surface area contributed by atoms with Gasteiger partial charge in [-0.05, 0) is 31.0 Å². The van der Waals surface area contributed by atoms with Crippen LogP contribution in [0.2, 0.25) is 0 Å². The minimum absolute atomic E-state index is 0.189. The van der Waals surface area contributed by atoms with Crippen molar-refractivity contribution in [1.82, 2.24) is 4.31 Å². The molecule has 0 amide bonds. The van der Waals surface area contributed by atoms with Crippen LogP contribution >= 0.6 is 0 Å². The molecule has 0 fully saturated rings. The van der Waals surface area contributed by atoms with E-state index in [9.17, 15) is 8.42 Å². The summed E-state index contributed by atoms with van der Waals surface area (Å²) in [6.45, 7) is 4.29. The number of hydrogen-bond donors (Lipinski definition) is 0. The van der Waals surface area contributed by atoms with Gasteiger partial charge in [0.25, 0.3) is 10.0 Å². The lowest BCUT2D eigenvalue weighted by molar-refractivity contribution is 0.121. The Bertz CT molecular complexity index is 842. The minimum atomic E-state index is -3.59. The summed E-state index contributed by atoms with van der Waals surface area (Å²) in [5.41, 5.74) is 2.13. The quantitative estimate of drug-likeness (QED) is 0.816. The summed E-state index contributed by atoms with van der Waals surface area (Å²) in [5.74, 6) is 0.673. The number of ether oxygens (including phenoxy) is 1. The molecule has 1 unspecified atom stereocenters. The Balaban J connectivity index is 1.92. The normalized spacial score (nSPS) is 17.8. The standard InChI is InChI=1S/C20H23NO3S/c1-3-18-15-24-19(13-17-7-5-4-6-8-17)14-21(18)25(22,23)20-11-9-16(2)10-12-20/h4-12,14,18H,3,13,15H2,1-2H3. The molecule has 1 heterocycles. The van der Waals surface area contributed by atoms with Gasteiger partial charge in [-0.2, -0.15) is 0 Å². The molecule has 0 N–H and O–H groups in total. The third-order valence-electron chi connectivity index (χ3n) is 4.38. The van der Waals surface area contributed by atoms with Crippen LogP contribution < -0.4 is 0 Å². The summed E-state index contributed by atoms with van der Waals surface area (Å²) >= 11 is 0. The summed E-state index contributed by atoms with van der Waals surface area (Å²) in [6, 6.07) is 16.7. The van der Waals surface area contributed by atoms with Crippen molar-refractivity contribution in [3.63, 3.8) is 0 Å². The van der Waals surface area contributed by atoms with Crippen molar-refractivity contribution in [3.05, 3.63) is 77.7 Å². The van der Waals surface area contributed by atoms with Crippen LogP contribution in [-0.2, 0) is 21.2 Å². The SMILES string of the molecule is CCC1COC(Cc2ccccc2)=CN1S(=O)(=O)c1ccc(C)cc1. The molecule has 132 valence electrons. The third kappa shape index (κ3) is 3.87. The van der Waals surface area contributed by atoms with Crippen LogP contribution in [0.4, 0.5) is 0 Å². The zero-order valence-corrected chi connectivity index (χ0v) is 15.4. The second-order valence-corrected chi connectivity index (χ2v) is 8.12. The molecule has 0 bridgehead atoms. The molecule has 5 heteroatoms. The lowest BCUT2D eigenvalue weighted by Crippen LogP contribution is -2.42. The molecule has 1 atom stereocenters. The molecule has 0 saturated carbocycles. The summed E-state index contributed by atoms with van der Waals surface area (Å²) in [5, 5.41) is 0. The van der Waals surface area contributed by atoms with E-state index < -0.39 is 10.0 Å². The van der Waals surface area contributed by atoms with Crippen molar-refractivity contribution in [3.8, 4) is 0 Å². The number of benzene rings is 2. The first-order valence-corrected chi connectivity index (χ1v) is 9.92. The van der Waals surface area contributed by atoms with Crippen molar-refractivity contribution in [2.75, 3.05) is 6.61 Å². The Kier molecular flexibility index (Phi) is 5.13. The lowest BCUT2D eigenvalue weighted by Gasteiger charge is -2.34. The van der Waals surface area contributed by atoms with Gasteiger partial charge in [-0.3, -0.25) is 4.31 Å². The Labute approximate surface area is 149 Å². The van der Waals surface area contributed by atoms with Gasteiger partial charge in [-0.15, -0.1) is 0 Å². The van der Waals surface area contributed by atoms with Gasteiger partial charge in [0.05, 0.1) is 17.1 Å². The highest BCUT2D eigenvalue weighted by Gasteiger charge is 2.32. The van der Waals surface area contributed by atoms with Gasteiger partial charge in [-0.25, -0.2) is 8.42 Å². The molecular weight excluding hydrogens is 334 g/mol. The minimum Gasteiger partial charge on any atom is -0.494 e. The molecule has 2 aromatic carbocycles. The first kappa shape index (κ1) is 17.5. The topological polar surface area (TPSA) is 46.6 Å². The van der Waals surface area contributed by atoms with E-state index in [1.165, 1.54) is 4.31 Å². The van der Waals surface area contributed by atoms with Crippen LogP contribution in [-0.4, -0.2) is 25.4 Å². The Morgan fingerprint density at radius 1 is 1.08 bits per heavy atom. The van der Waals surface area contributed by atoms with Gasteiger partial charge in [0, 0.05) is 6.42 Å². The summed E-state index contributed by atoms with van der Waals surface area (Å²) < 4.78 is 33.5. The molecule has 0 aromatic heterocycles. The van der Waals surface area contributed by atoms with E-state index in [0.717, 1.165) is 11.1 Å². The Morgan fingerprint density at radius 3 is 2.40 bits per heavy atom. The Morgan fingerprint density at radius 2 is 1.76 bits per heavy atom. The van der Waals surface area contributed by atoms with Crippen LogP contribution in [0.25, 0.3) is 0 Å². The van der Waals surface area contributed by atoms with Crippen molar-refractivity contribution < 1.29 is 13.2 Å². The van der Waals surface area contributed by atoms with Crippen LogP contribution in [0.1, 0.15) is 24.5 Å². The first-order valence-electron chi connectivity index (χ1n) is 8.48. The average molecular weight is 357 g/mol. The van der Waals surface area contributed by atoms with Crippen molar-refractivity contribution in [2.45, 2.75) is 37.6 Å². The smallest absolute Gasteiger partial charge is 0.264 e. The van der Waals surface area contributed by atoms with E-state index in [2.05, 4.69) is 0 Å². The van der Waals surface area contributed by atoms with E-state index >= 15 is 0 Å². The van der Waals surface area contributed by atoms with E-state index in [4.69, 9.17) is 4.74 Å². The fourth-order valence-electron chi connectivity index (χ4n) is 2.85. The summed E-state index contributed by atoms with van der Waals surface area (Å²) in [4.78, 5) is 0.314. The molecular formula is C20H23NO3S. The monoisotopic (exact) mass is 357 g/mol. The second kappa shape index (κ2) is 7.31. The fraction of sp³-hybridized carbons (Fsp3) is 0.300. The maximum atomic E-state index is 13.1. The number of sulfonamides is 1. The number of nitrogens with zero attached hydrogens (tertiary/aromatic N) is 1. The molecule has 3 rings (SSSR count). The molecule has 1 aliphatic heterocycles. The number of allylic oxidation sites excluding steroid dienone is 1. The van der Waals surface area contributed by atoms with Gasteiger partial charge < -0.3 is 4.74 Å². The molecule has 4 nitrogen and oxygen atoms in total. The molecule has 0 radical (unpaired) electrons. The first-order chi connectivity index (χ1) is 12.0. The summed E-state index contributed by atoms with van der Waals surface area (Å²) in [6.07, 6.45) is 2.93. The van der Waals surface area contributed by atoms with Crippen LogP contribution in [0.15, 0.2) is 71.5 Å². The zero-order valence-electron chi connectivity index (χ0n) is 14.6. The van der Waals surface area contributed by atoms with Crippen LogP contribution in [0, 0.1) is 6.92 Å². The second-order valence-electron chi connectivity index (χ2n) is 6.28. The van der Waals surface area contributed by atoms with E-state index in [1.54, 1.807) is 18.3 Å². The number of hydrogen-bond acceptors (Lipinski definition) is 3. The van der Waals surface area contributed by atoms with Crippen molar-refractivity contribution >= 4 is 10.0 Å². The van der Waals surface area contributed by atoms with E-state index in [0.29, 0.717) is 30.1 Å². The van der Waals surface area contributed by atoms with Gasteiger partial charge in [0.15, 0.2) is 0 Å². The van der Waals surface area contributed by atoms with E-state index in [-0.39, 0.29) is 6.04 Å². The van der Waals surface area contributed by atoms with Gasteiger partial charge in [-0.1, -0.05) is 55.0 Å². The summed E-state index contributed by atoms with van der Waals surface area (Å²) in [7, 11) is -3.59. The third-order valence-corrected chi connectivity index (χ3v) is 6.21. The highest BCUT2D eigenvalue weighted by Crippen LogP contribution is 2.26. The van der Waals surface area contributed by atoms with Crippen molar-refractivity contribution in [2.24, 2.45) is 0 Å². The highest BCUT2D eigenvalue weighted by atomic mass is 32.2. The highest BCUT2D eigenvalue weighted by molar-refractivity contribution is 7.89. The predicted octanol–water partition coefficient (Wildman–Crippen LogP) is 3.88. The van der Waals surface area contributed by atoms with Gasteiger partial charge in [0.2, 0.25) is 0 Å². The van der Waals surface area contributed by atoms with E-state index in [1.807, 2.05) is 56.3 Å². The zero-order chi connectivity index (χ0) is 17.9. The van der Waals surface area contributed by atoms with Crippen molar-refractivity contribution in [1.29, 1.82) is 0 Å². The van der Waals surface area contributed by atoms with Gasteiger partial charge >= 0.3 is 0 Å². The molecule has 0 spiro atoms. The molecule has 25 heavy (non-hydrogen) atoms. The Hall–Kier alpha value is -2.27. The maximum Gasteiger partial charge on any atom is 0.264 e. The number of aryl methyl sites for hydroxylation is 1. The molecule has 0 aliphatic carbocycles. The molecule has 2 aromatic rings. The van der Waals surface area contributed by atoms with Gasteiger partial charge in [0.1, 0.15) is 12.4 Å². The predicted molar refractivity (Wildman–Crippen MR) is 98.5 cm³/mol. The largest absolute Gasteiger partial charge is 0.494 e. The molecule has 1 aliphatic rings.